The maximum atomic E-state index is 12.7. The van der Waals surface area contributed by atoms with Crippen molar-refractivity contribution >= 4 is 59.9 Å². The predicted octanol–water partition coefficient (Wildman–Crippen LogP) is 5.11. The first-order valence-corrected chi connectivity index (χ1v) is 12.4. The Morgan fingerprint density at radius 3 is 2.62 bits per heavy atom. The Kier molecular flexibility index (Phi) is 6.04. The van der Waals surface area contributed by atoms with Crippen molar-refractivity contribution in [3.05, 3.63) is 52.0 Å². The van der Waals surface area contributed by atoms with E-state index in [1.54, 1.807) is 18.3 Å². The summed E-state index contributed by atoms with van der Waals surface area (Å²) < 4.78 is 29.3. The van der Waals surface area contributed by atoms with Crippen molar-refractivity contribution in [2.45, 2.75) is 24.7 Å². The molecule has 0 saturated carbocycles. The number of para-hydroxylation sites is 1. The molecule has 2 heterocycles. The van der Waals surface area contributed by atoms with Crippen LogP contribution in [0.1, 0.15) is 18.4 Å². The Bertz CT molecular complexity index is 1110. The van der Waals surface area contributed by atoms with Crippen molar-refractivity contribution in [1.82, 2.24) is 9.71 Å². The third-order valence-electron chi connectivity index (χ3n) is 5.23. The van der Waals surface area contributed by atoms with Crippen LogP contribution >= 0.6 is 34.5 Å². The second-order valence-corrected chi connectivity index (χ2v) is 10.8. The number of nitrogens with zero attached hydrogens (tertiary/aromatic N) is 2. The minimum atomic E-state index is -3.68. The molecule has 0 aliphatic carbocycles. The number of aryl methyl sites for hydroxylation is 1. The number of piperidine rings is 1. The highest BCUT2D eigenvalue weighted by molar-refractivity contribution is 7.89. The van der Waals surface area contributed by atoms with E-state index < -0.39 is 10.0 Å². The zero-order valence-corrected chi connectivity index (χ0v) is 19.0. The van der Waals surface area contributed by atoms with E-state index in [1.807, 2.05) is 18.2 Å². The van der Waals surface area contributed by atoms with Gasteiger partial charge in [-0.3, -0.25) is 0 Å². The van der Waals surface area contributed by atoms with Crippen LogP contribution in [-0.4, -0.2) is 33.0 Å². The van der Waals surface area contributed by atoms with Gasteiger partial charge in [-0.15, -0.1) is 0 Å². The van der Waals surface area contributed by atoms with Gasteiger partial charge in [0.2, 0.25) is 10.0 Å². The number of anilines is 1. The summed E-state index contributed by atoms with van der Waals surface area (Å²) in [5.41, 5.74) is 1.71. The first-order chi connectivity index (χ1) is 13.8. The van der Waals surface area contributed by atoms with Gasteiger partial charge in [-0.2, -0.15) is 0 Å². The molecule has 5 nitrogen and oxygen atoms in total. The Hall–Kier alpha value is -1.38. The van der Waals surface area contributed by atoms with E-state index in [0.717, 1.165) is 36.6 Å². The summed E-state index contributed by atoms with van der Waals surface area (Å²) in [7, 11) is -3.68. The number of hydrogen-bond acceptors (Lipinski definition) is 5. The minimum absolute atomic E-state index is 0.0768. The summed E-state index contributed by atoms with van der Waals surface area (Å²) in [6.45, 7) is 3.89. The molecule has 2 aromatic carbocycles. The van der Waals surface area contributed by atoms with Crippen LogP contribution in [0, 0.1) is 12.8 Å². The monoisotopic (exact) mass is 469 g/mol. The molecule has 0 amide bonds. The van der Waals surface area contributed by atoms with Crippen LogP contribution in [0.15, 0.2) is 41.3 Å². The molecule has 4 rings (SSSR count). The zero-order valence-electron chi connectivity index (χ0n) is 15.9. The number of aromatic nitrogens is 1. The molecule has 154 valence electrons. The van der Waals surface area contributed by atoms with Crippen LogP contribution in [-0.2, 0) is 10.0 Å². The Morgan fingerprint density at radius 2 is 1.90 bits per heavy atom. The second kappa shape index (κ2) is 8.40. The summed E-state index contributed by atoms with van der Waals surface area (Å²) in [5, 5.41) is 1.63. The van der Waals surface area contributed by atoms with Crippen molar-refractivity contribution in [2.24, 2.45) is 5.92 Å². The summed E-state index contributed by atoms with van der Waals surface area (Å²) in [4.78, 5) is 7.08. The number of fused-ring (bicyclic) bond motifs is 1. The van der Waals surface area contributed by atoms with Crippen LogP contribution in [0.5, 0.6) is 0 Å². The summed E-state index contributed by atoms with van der Waals surface area (Å²) in [6.07, 6.45) is 1.82. The quantitative estimate of drug-likeness (QED) is 0.563. The molecule has 0 unspecified atom stereocenters. The highest BCUT2D eigenvalue weighted by Gasteiger charge is 2.25. The zero-order chi connectivity index (χ0) is 20.6. The molecule has 0 atom stereocenters. The lowest BCUT2D eigenvalue weighted by molar-refractivity contribution is 0.402. The van der Waals surface area contributed by atoms with E-state index in [1.165, 1.54) is 16.8 Å². The topological polar surface area (TPSA) is 62.3 Å². The van der Waals surface area contributed by atoms with E-state index in [0.29, 0.717) is 17.1 Å². The standard InChI is InChI=1S/C20H21Cl2N3O2S2/c1-13-10-19(16(22)11-15(13)21)29(26,27)23-12-14-6-8-25(9-7-14)20-24-17-4-2-3-5-18(17)28-20/h2-5,10-11,14,23H,6-9,12H2,1H3. The summed E-state index contributed by atoms with van der Waals surface area (Å²) in [5.74, 6) is 0.280. The van der Waals surface area contributed by atoms with Crippen molar-refractivity contribution < 1.29 is 8.42 Å². The number of thiazole rings is 1. The Morgan fingerprint density at radius 1 is 1.17 bits per heavy atom. The Balaban J connectivity index is 1.37. The number of hydrogen-bond donors (Lipinski definition) is 1. The lowest BCUT2D eigenvalue weighted by atomic mass is 9.97. The molecule has 1 N–H and O–H groups in total. The average Bonchev–Trinajstić information content (AvgIpc) is 3.14. The van der Waals surface area contributed by atoms with Gasteiger partial charge in [0.1, 0.15) is 4.90 Å². The van der Waals surface area contributed by atoms with E-state index >= 15 is 0 Å². The molecule has 0 radical (unpaired) electrons. The first kappa shape index (κ1) is 20.9. The molecule has 1 saturated heterocycles. The van der Waals surface area contributed by atoms with Gasteiger partial charge >= 0.3 is 0 Å². The third kappa shape index (κ3) is 4.54. The molecule has 1 aliphatic rings. The SMILES string of the molecule is Cc1cc(S(=O)(=O)NCC2CCN(c3nc4ccccc4s3)CC2)c(Cl)cc1Cl. The van der Waals surface area contributed by atoms with Gasteiger partial charge in [0.05, 0.1) is 15.2 Å². The molecular weight excluding hydrogens is 449 g/mol. The number of benzene rings is 2. The molecule has 1 aromatic heterocycles. The minimum Gasteiger partial charge on any atom is -0.348 e. The smallest absolute Gasteiger partial charge is 0.242 e. The van der Waals surface area contributed by atoms with Crippen molar-refractivity contribution in [2.75, 3.05) is 24.5 Å². The van der Waals surface area contributed by atoms with Crippen LogP contribution in [0.3, 0.4) is 0 Å². The molecule has 1 aliphatic heterocycles. The van der Waals surface area contributed by atoms with Crippen molar-refractivity contribution in [1.29, 1.82) is 0 Å². The maximum absolute atomic E-state index is 12.7. The molecule has 3 aromatic rings. The number of nitrogens with one attached hydrogen (secondary N) is 1. The lowest BCUT2D eigenvalue weighted by Gasteiger charge is -2.31. The molecule has 0 bridgehead atoms. The highest BCUT2D eigenvalue weighted by Crippen LogP contribution is 2.32. The molecule has 0 spiro atoms. The number of sulfonamides is 1. The van der Waals surface area contributed by atoms with Crippen molar-refractivity contribution in [3.63, 3.8) is 0 Å². The summed E-state index contributed by atoms with van der Waals surface area (Å²) >= 11 is 13.8. The van der Waals surface area contributed by atoms with E-state index in [4.69, 9.17) is 28.2 Å². The summed E-state index contributed by atoms with van der Waals surface area (Å²) in [6, 6.07) is 11.1. The van der Waals surface area contributed by atoms with Gasteiger partial charge < -0.3 is 4.90 Å². The van der Waals surface area contributed by atoms with Gasteiger partial charge in [0.25, 0.3) is 0 Å². The van der Waals surface area contributed by atoms with Gasteiger partial charge in [0, 0.05) is 24.7 Å². The Labute approximate surface area is 184 Å². The maximum Gasteiger partial charge on any atom is 0.242 e. The van der Waals surface area contributed by atoms with E-state index in [2.05, 4.69) is 15.7 Å². The van der Waals surface area contributed by atoms with Crippen LogP contribution in [0.2, 0.25) is 10.0 Å². The highest BCUT2D eigenvalue weighted by atomic mass is 35.5. The molecule has 9 heteroatoms. The fourth-order valence-electron chi connectivity index (χ4n) is 3.47. The predicted molar refractivity (Wildman–Crippen MR) is 121 cm³/mol. The fraction of sp³-hybridized carbons (Fsp3) is 0.350. The van der Waals surface area contributed by atoms with Crippen LogP contribution in [0.4, 0.5) is 5.13 Å². The lowest BCUT2D eigenvalue weighted by Crippen LogP contribution is -2.38. The molecular formula is C20H21Cl2N3O2S2. The van der Waals surface area contributed by atoms with E-state index in [-0.39, 0.29) is 15.8 Å². The second-order valence-electron chi connectivity index (χ2n) is 7.28. The average molecular weight is 470 g/mol. The van der Waals surface area contributed by atoms with Gasteiger partial charge in [0.15, 0.2) is 5.13 Å². The van der Waals surface area contributed by atoms with E-state index in [9.17, 15) is 8.42 Å². The number of halogens is 2. The normalized spacial score (nSPS) is 15.9. The van der Waals surface area contributed by atoms with Gasteiger partial charge in [-0.25, -0.2) is 18.1 Å². The molecule has 29 heavy (non-hydrogen) atoms. The van der Waals surface area contributed by atoms with Crippen LogP contribution in [0.25, 0.3) is 10.2 Å². The first-order valence-electron chi connectivity index (χ1n) is 9.39. The van der Waals surface area contributed by atoms with Crippen molar-refractivity contribution in [3.8, 4) is 0 Å². The number of rotatable bonds is 5. The van der Waals surface area contributed by atoms with Gasteiger partial charge in [-0.1, -0.05) is 46.7 Å². The van der Waals surface area contributed by atoms with Gasteiger partial charge in [-0.05, 0) is 55.5 Å². The largest absolute Gasteiger partial charge is 0.348 e. The third-order valence-corrected chi connectivity index (χ3v) is 8.63. The van der Waals surface area contributed by atoms with Crippen LogP contribution < -0.4 is 9.62 Å². The fourth-order valence-corrected chi connectivity index (χ4v) is 6.43. The molecule has 1 fully saturated rings.